The van der Waals surface area contributed by atoms with Crippen LogP contribution in [-0.2, 0) is 32.7 Å². The third kappa shape index (κ3) is 7.27. The molecule has 0 radical (unpaired) electrons. The highest BCUT2D eigenvalue weighted by atomic mass is 31.2. The van der Waals surface area contributed by atoms with E-state index in [1.807, 2.05) is 13.8 Å². The van der Waals surface area contributed by atoms with E-state index < -0.39 is 8.60 Å². The fourth-order valence-electron chi connectivity index (χ4n) is 6.09. The molecular weight excluding hydrogens is 567 g/mol. The van der Waals surface area contributed by atoms with Gasteiger partial charge in [0.2, 0.25) is 0 Å². The molecule has 0 aliphatic carbocycles. The Bertz CT molecular complexity index is 1450. The molecule has 0 unspecified atom stereocenters. The highest BCUT2D eigenvalue weighted by Crippen LogP contribution is 2.50. The van der Waals surface area contributed by atoms with Crippen LogP contribution in [0.4, 0.5) is 0 Å². The van der Waals surface area contributed by atoms with Crippen molar-refractivity contribution in [3.05, 3.63) is 85.5 Å². The Morgan fingerprint density at radius 3 is 1.43 bits per heavy atom. The Kier molecular flexibility index (Phi) is 9.59. The zero-order valence-corrected chi connectivity index (χ0v) is 30.1. The predicted molar refractivity (Wildman–Crippen MR) is 183 cm³/mol. The summed E-state index contributed by atoms with van der Waals surface area (Å²) in [5.74, 6) is 1.57. The molecule has 0 saturated carbocycles. The van der Waals surface area contributed by atoms with Gasteiger partial charge in [-0.2, -0.15) is 0 Å². The third-order valence-corrected chi connectivity index (χ3v) is 9.89. The van der Waals surface area contributed by atoms with Crippen molar-refractivity contribution in [3.63, 3.8) is 0 Å². The molecule has 1 saturated heterocycles. The van der Waals surface area contributed by atoms with Crippen molar-refractivity contribution in [2.24, 2.45) is 5.41 Å². The number of phenolic OH excluding ortho intramolecular Hbond substituents is 2. The van der Waals surface area contributed by atoms with Crippen molar-refractivity contribution >= 4 is 8.60 Å². The van der Waals surface area contributed by atoms with Gasteiger partial charge in [0.25, 0.3) is 0 Å². The van der Waals surface area contributed by atoms with Gasteiger partial charge in [-0.25, -0.2) is 0 Å². The fraction of sp³-hybridized carbons (Fsp3) is 0.526. The Hall–Kier alpha value is -2.59. The number of hydrogen-bond donors (Lipinski definition) is 2. The maximum atomic E-state index is 10.9. The van der Waals surface area contributed by atoms with E-state index in [2.05, 4.69) is 100 Å². The second kappa shape index (κ2) is 12.3. The summed E-state index contributed by atoms with van der Waals surface area (Å²) in [5.41, 5.74) is 11.4. The number of aryl methyl sites for hydroxylation is 2. The second-order valence-electron chi connectivity index (χ2n) is 15.7. The molecule has 2 N–H and O–H groups in total. The van der Waals surface area contributed by atoms with Crippen LogP contribution in [0.25, 0.3) is 0 Å². The van der Waals surface area contributed by atoms with Crippen LogP contribution in [0.15, 0.2) is 24.3 Å². The van der Waals surface area contributed by atoms with Gasteiger partial charge in [0, 0.05) is 5.41 Å². The third-order valence-electron chi connectivity index (χ3n) is 8.88. The van der Waals surface area contributed by atoms with Crippen LogP contribution in [0.2, 0.25) is 0 Å². The minimum absolute atomic E-state index is 0.0428. The first kappa shape index (κ1) is 34.3. The Morgan fingerprint density at radius 2 is 1.07 bits per heavy atom. The summed E-state index contributed by atoms with van der Waals surface area (Å²) in [6.07, 6.45) is 1.42. The molecule has 44 heavy (non-hydrogen) atoms. The lowest BCUT2D eigenvalue weighted by molar-refractivity contribution is 0.0425. The van der Waals surface area contributed by atoms with Gasteiger partial charge in [-0.15, -0.1) is 0 Å². The van der Waals surface area contributed by atoms with Gasteiger partial charge in [-0.05, 0) is 119 Å². The predicted octanol–water partition coefficient (Wildman–Crippen LogP) is 10.1. The van der Waals surface area contributed by atoms with Gasteiger partial charge in [-0.1, -0.05) is 79.7 Å². The topological polar surface area (TPSA) is 68.2 Å². The zero-order valence-electron chi connectivity index (χ0n) is 29.2. The molecule has 1 fully saturated rings. The van der Waals surface area contributed by atoms with E-state index in [1.54, 1.807) is 0 Å². The lowest BCUT2D eigenvalue weighted by atomic mass is 9.81. The van der Waals surface area contributed by atoms with E-state index in [0.29, 0.717) is 37.6 Å². The number of hydrogen-bond acceptors (Lipinski definition) is 5. The summed E-state index contributed by atoms with van der Waals surface area (Å²) in [5, 5.41) is 21.8. The van der Waals surface area contributed by atoms with Crippen molar-refractivity contribution < 1.29 is 23.8 Å². The van der Waals surface area contributed by atoms with Gasteiger partial charge < -0.3 is 23.8 Å². The largest absolute Gasteiger partial charge is 0.507 e. The standard InChI is InChI=1S/C38H53O5P/c1-22-14-27(18-31(33(22)39)36(6,7)8)16-29-24(3)30(17-28-15-23(2)34(40)32(19-28)37(9,10)11)26(5)35(25(29)4)43-44-41-20-38(12,13)21-42-44/h14-15,18-19,39-40H,16-17,20-21H2,1-13H3. The van der Waals surface area contributed by atoms with Crippen LogP contribution >= 0.6 is 8.60 Å². The summed E-state index contributed by atoms with van der Waals surface area (Å²) >= 11 is 0. The molecule has 0 bridgehead atoms. The maximum absolute atomic E-state index is 10.9. The molecule has 3 aromatic carbocycles. The summed E-state index contributed by atoms with van der Waals surface area (Å²) in [6, 6.07) is 8.50. The molecule has 0 aromatic heterocycles. The lowest BCUT2D eigenvalue weighted by Gasteiger charge is -2.33. The van der Waals surface area contributed by atoms with Crippen molar-refractivity contribution in [1.82, 2.24) is 0 Å². The van der Waals surface area contributed by atoms with Crippen molar-refractivity contribution in [1.29, 1.82) is 0 Å². The molecule has 3 aromatic rings. The smallest absolute Gasteiger partial charge is 0.397 e. The quantitative estimate of drug-likeness (QED) is 0.269. The van der Waals surface area contributed by atoms with Crippen LogP contribution in [-0.4, -0.2) is 23.4 Å². The summed E-state index contributed by atoms with van der Waals surface area (Å²) in [7, 11) is -1.52. The van der Waals surface area contributed by atoms with Crippen molar-refractivity contribution in [3.8, 4) is 17.2 Å². The van der Waals surface area contributed by atoms with E-state index >= 15 is 0 Å². The van der Waals surface area contributed by atoms with Gasteiger partial charge in [0.1, 0.15) is 17.2 Å². The van der Waals surface area contributed by atoms with Crippen LogP contribution in [0, 0.1) is 40.0 Å². The van der Waals surface area contributed by atoms with Crippen molar-refractivity contribution in [2.45, 2.75) is 114 Å². The summed E-state index contributed by atoms with van der Waals surface area (Å²) in [6.45, 7) is 28.7. The normalized spacial score (nSPS) is 15.9. The minimum Gasteiger partial charge on any atom is -0.507 e. The highest BCUT2D eigenvalue weighted by molar-refractivity contribution is 7.42. The second-order valence-corrected chi connectivity index (χ2v) is 16.8. The molecule has 1 aliphatic rings. The molecule has 6 heteroatoms. The Balaban J connectivity index is 1.86. The van der Waals surface area contributed by atoms with Crippen LogP contribution in [0.1, 0.15) is 117 Å². The summed E-state index contributed by atoms with van der Waals surface area (Å²) < 4.78 is 18.8. The SMILES string of the molecule is Cc1cc(Cc2c(C)c(Cc3cc(C)c(O)c(C(C)(C)C)c3)c(C)c(OP3OCC(C)(C)CO3)c2C)cc(C(C)(C)C)c1O. The number of rotatable bonds is 6. The minimum atomic E-state index is -1.52. The van der Waals surface area contributed by atoms with E-state index in [9.17, 15) is 10.2 Å². The molecule has 1 aliphatic heterocycles. The fourth-order valence-corrected chi connectivity index (χ4v) is 7.61. The average Bonchev–Trinajstić information content (AvgIpc) is 2.90. The van der Waals surface area contributed by atoms with Crippen LogP contribution in [0.3, 0.4) is 0 Å². The molecule has 0 atom stereocenters. The molecule has 5 nitrogen and oxygen atoms in total. The van der Waals surface area contributed by atoms with E-state index in [-0.39, 0.29) is 16.2 Å². The van der Waals surface area contributed by atoms with Crippen LogP contribution < -0.4 is 4.52 Å². The molecule has 4 rings (SSSR count). The maximum Gasteiger partial charge on any atom is 0.397 e. The lowest BCUT2D eigenvalue weighted by Crippen LogP contribution is -2.29. The van der Waals surface area contributed by atoms with Gasteiger partial charge in [0.05, 0.1) is 13.2 Å². The molecule has 0 spiro atoms. The van der Waals surface area contributed by atoms with Crippen molar-refractivity contribution in [2.75, 3.05) is 13.2 Å². The van der Waals surface area contributed by atoms with Crippen LogP contribution in [0.5, 0.6) is 17.2 Å². The first-order chi connectivity index (χ1) is 20.2. The monoisotopic (exact) mass is 620 g/mol. The van der Waals surface area contributed by atoms with E-state index in [1.165, 1.54) is 16.7 Å². The molecular formula is C38H53O5P. The molecule has 1 heterocycles. The van der Waals surface area contributed by atoms with E-state index in [4.69, 9.17) is 13.6 Å². The molecule has 0 amide bonds. The Morgan fingerprint density at radius 1 is 0.682 bits per heavy atom. The highest BCUT2D eigenvalue weighted by Gasteiger charge is 2.33. The van der Waals surface area contributed by atoms with Gasteiger partial charge >= 0.3 is 8.60 Å². The average molecular weight is 621 g/mol. The first-order valence-corrected chi connectivity index (χ1v) is 16.8. The number of phenols is 2. The van der Waals surface area contributed by atoms with Gasteiger partial charge in [0.15, 0.2) is 0 Å². The zero-order chi connectivity index (χ0) is 32.9. The first-order valence-electron chi connectivity index (χ1n) is 15.7. The number of aromatic hydroxyl groups is 2. The van der Waals surface area contributed by atoms with E-state index in [0.717, 1.165) is 50.3 Å². The Labute approximate surface area is 267 Å². The summed E-state index contributed by atoms with van der Waals surface area (Å²) in [4.78, 5) is 0. The molecule has 240 valence electrons. The van der Waals surface area contributed by atoms with Gasteiger partial charge in [-0.3, -0.25) is 0 Å². The number of benzene rings is 3.